The average molecular weight is 356 g/mol. The monoisotopic (exact) mass is 356 g/mol. The highest BCUT2D eigenvalue weighted by Crippen LogP contribution is 2.60. The predicted octanol–water partition coefficient (Wildman–Crippen LogP) is 3.51. The summed E-state index contributed by atoms with van der Waals surface area (Å²) >= 11 is 0. The summed E-state index contributed by atoms with van der Waals surface area (Å²) in [4.78, 5) is 24.8. The maximum atomic E-state index is 13.2. The molecule has 5 rings (SSSR count). The largest absolute Gasteiger partial charge is 0.349 e. The molecule has 4 fully saturated rings. The van der Waals surface area contributed by atoms with Crippen molar-refractivity contribution in [2.45, 2.75) is 58.4 Å². The van der Waals surface area contributed by atoms with Crippen LogP contribution < -0.4 is 10.8 Å². The Hall–Kier alpha value is -1.88. The van der Waals surface area contributed by atoms with Crippen molar-refractivity contribution in [3.63, 3.8) is 0 Å². The van der Waals surface area contributed by atoms with E-state index in [1.807, 2.05) is 19.9 Å². The van der Waals surface area contributed by atoms with Crippen molar-refractivity contribution in [1.29, 1.82) is 0 Å². The first kappa shape index (κ1) is 17.5. The lowest BCUT2D eigenvalue weighted by Crippen LogP contribution is -2.53. The molecule has 2 amide bonds. The van der Waals surface area contributed by atoms with Crippen LogP contribution in [0, 0.1) is 30.1 Å². The van der Waals surface area contributed by atoms with Gasteiger partial charge in [0.05, 0.1) is 6.04 Å². The molecule has 1 atom stereocenters. The van der Waals surface area contributed by atoms with E-state index in [4.69, 9.17) is 5.21 Å². The zero-order chi connectivity index (χ0) is 18.5. The maximum absolute atomic E-state index is 13.2. The molecule has 0 spiro atoms. The molecule has 3 N–H and O–H groups in total. The topological polar surface area (TPSA) is 78.4 Å². The van der Waals surface area contributed by atoms with E-state index >= 15 is 0 Å². The number of hydrogen-bond acceptors (Lipinski definition) is 3. The van der Waals surface area contributed by atoms with Gasteiger partial charge in [0.1, 0.15) is 0 Å². The Morgan fingerprint density at radius 1 is 1.12 bits per heavy atom. The summed E-state index contributed by atoms with van der Waals surface area (Å²) in [7, 11) is 0. The standard InChI is InChI=1S/C21H28N2O3/c1-12-5-17(19(24)23-26)3-4-18(12)13(2)22-20(25)21-9-14-6-15(10-21)8-16(7-14)11-21/h3-5,13-16,26H,6-11H2,1-2H3,(H,22,25)(H,23,24). The lowest BCUT2D eigenvalue weighted by atomic mass is 9.49. The summed E-state index contributed by atoms with van der Waals surface area (Å²) < 4.78 is 0. The first-order chi connectivity index (χ1) is 12.4. The van der Waals surface area contributed by atoms with Gasteiger partial charge in [-0.2, -0.15) is 0 Å². The molecule has 1 aromatic rings. The number of nitrogens with one attached hydrogen (secondary N) is 2. The van der Waals surface area contributed by atoms with Gasteiger partial charge in [-0.1, -0.05) is 6.07 Å². The van der Waals surface area contributed by atoms with Gasteiger partial charge >= 0.3 is 0 Å². The number of carbonyl (C=O) groups is 2. The summed E-state index contributed by atoms with van der Waals surface area (Å²) in [6.07, 6.45) is 7.17. The minimum Gasteiger partial charge on any atom is -0.349 e. The quantitative estimate of drug-likeness (QED) is 0.571. The minimum absolute atomic E-state index is 0.0956. The Morgan fingerprint density at radius 3 is 2.19 bits per heavy atom. The molecule has 0 saturated heterocycles. The van der Waals surface area contributed by atoms with Crippen LogP contribution in [0.2, 0.25) is 0 Å². The molecule has 4 saturated carbocycles. The van der Waals surface area contributed by atoms with E-state index in [9.17, 15) is 9.59 Å². The van der Waals surface area contributed by atoms with Gasteiger partial charge < -0.3 is 5.32 Å². The third kappa shape index (κ3) is 2.92. The second kappa shape index (κ2) is 6.38. The van der Waals surface area contributed by atoms with Crippen molar-refractivity contribution in [1.82, 2.24) is 10.8 Å². The molecule has 140 valence electrons. The molecule has 5 nitrogen and oxygen atoms in total. The lowest BCUT2D eigenvalue weighted by molar-refractivity contribution is -0.147. The maximum Gasteiger partial charge on any atom is 0.274 e. The van der Waals surface area contributed by atoms with E-state index in [2.05, 4.69) is 5.32 Å². The number of carbonyl (C=O) groups excluding carboxylic acids is 2. The minimum atomic E-state index is -0.523. The van der Waals surface area contributed by atoms with Crippen LogP contribution >= 0.6 is 0 Å². The SMILES string of the molecule is Cc1cc(C(=O)NO)ccc1C(C)NC(=O)C12CC3CC(CC(C3)C1)C2. The van der Waals surface area contributed by atoms with Gasteiger partial charge in [-0.15, -0.1) is 0 Å². The van der Waals surface area contributed by atoms with Gasteiger partial charge in [-0.25, -0.2) is 5.48 Å². The van der Waals surface area contributed by atoms with Crippen molar-refractivity contribution < 1.29 is 14.8 Å². The van der Waals surface area contributed by atoms with Crippen LogP contribution in [0.15, 0.2) is 18.2 Å². The molecule has 0 heterocycles. The van der Waals surface area contributed by atoms with Crippen LogP contribution in [0.25, 0.3) is 0 Å². The van der Waals surface area contributed by atoms with Crippen LogP contribution in [-0.4, -0.2) is 17.0 Å². The second-order valence-electron chi connectivity index (χ2n) is 8.91. The molecule has 4 bridgehead atoms. The van der Waals surface area contributed by atoms with E-state index in [0.717, 1.165) is 48.1 Å². The molecular formula is C21H28N2O3. The highest BCUT2D eigenvalue weighted by molar-refractivity contribution is 5.93. The first-order valence-corrected chi connectivity index (χ1v) is 9.76. The van der Waals surface area contributed by atoms with Crippen molar-refractivity contribution in [2.24, 2.45) is 23.2 Å². The van der Waals surface area contributed by atoms with E-state index in [1.165, 1.54) is 19.3 Å². The fraction of sp³-hybridized carbons (Fsp3) is 0.619. The van der Waals surface area contributed by atoms with Gasteiger partial charge in [0.2, 0.25) is 5.91 Å². The second-order valence-corrected chi connectivity index (χ2v) is 8.91. The smallest absolute Gasteiger partial charge is 0.274 e. The zero-order valence-corrected chi connectivity index (χ0v) is 15.5. The normalized spacial score (nSPS) is 33.0. The van der Waals surface area contributed by atoms with Crippen molar-refractivity contribution in [3.05, 3.63) is 34.9 Å². The van der Waals surface area contributed by atoms with Gasteiger partial charge in [0, 0.05) is 11.0 Å². The molecule has 1 unspecified atom stereocenters. The molecule has 1 aromatic carbocycles. The van der Waals surface area contributed by atoms with Gasteiger partial charge in [0.25, 0.3) is 5.91 Å². The fourth-order valence-corrected chi connectivity index (χ4v) is 6.18. The molecule has 4 aliphatic carbocycles. The number of hydrogen-bond donors (Lipinski definition) is 3. The number of benzene rings is 1. The summed E-state index contributed by atoms with van der Waals surface area (Å²) in [5.41, 5.74) is 3.87. The van der Waals surface area contributed by atoms with Gasteiger partial charge in [-0.05, 0) is 93.4 Å². The number of hydroxylamine groups is 1. The fourth-order valence-electron chi connectivity index (χ4n) is 6.18. The number of aryl methyl sites for hydroxylation is 1. The third-order valence-corrected chi connectivity index (χ3v) is 6.97. The third-order valence-electron chi connectivity index (χ3n) is 6.97. The average Bonchev–Trinajstić information content (AvgIpc) is 2.59. The summed E-state index contributed by atoms with van der Waals surface area (Å²) in [5.74, 6) is 1.95. The molecule has 0 aromatic heterocycles. The van der Waals surface area contributed by atoms with Crippen molar-refractivity contribution >= 4 is 11.8 Å². The molecule has 0 radical (unpaired) electrons. The zero-order valence-electron chi connectivity index (χ0n) is 15.5. The van der Waals surface area contributed by atoms with Crippen molar-refractivity contribution in [2.75, 3.05) is 0 Å². The molecular weight excluding hydrogens is 328 g/mol. The highest BCUT2D eigenvalue weighted by atomic mass is 16.5. The first-order valence-electron chi connectivity index (χ1n) is 9.76. The van der Waals surface area contributed by atoms with E-state index in [1.54, 1.807) is 17.6 Å². The van der Waals surface area contributed by atoms with E-state index in [-0.39, 0.29) is 17.4 Å². The Balaban J connectivity index is 1.49. The highest BCUT2D eigenvalue weighted by Gasteiger charge is 2.54. The number of amides is 2. The van der Waals surface area contributed by atoms with Crippen LogP contribution in [0.1, 0.15) is 73.0 Å². The molecule has 5 heteroatoms. The predicted molar refractivity (Wildman–Crippen MR) is 97.6 cm³/mol. The Kier molecular flexibility index (Phi) is 4.30. The van der Waals surface area contributed by atoms with Crippen LogP contribution in [0.4, 0.5) is 0 Å². The Morgan fingerprint density at radius 2 is 1.69 bits per heavy atom. The van der Waals surface area contributed by atoms with Gasteiger partial charge in [0.15, 0.2) is 0 Å². The Bertz CT molecular complexity index is 707. The van der Waals surface area contributed by atoms with E-state index < -0.39 is 5.91 Å². The van der Waals surface area contributed by atoms with Crippen LogP contribution in [0.5, 0.6) is 0 Å². The molecule has 26 heavy (non-hydrogen) atoms. The van der Waals surface area contributed by atoms with E-state index in [0.29, 0.717) is 5.56 Å². The Labute approximate surface area is 154 Å². The summed E-state index contributed by atoms with van der Waals surface area (Å²) in [6, 6.07) is 5.20. The molecule has 4 aliphatic rings. The van der Waals surface area contributed by atoms with Crippen molar-refractivity contribution in [3.8, 4) is 0 Å². The lowest BCUT2D eigenvalue weighted by Gasteiger charge is -2.55. The number of rotatable bonds is 4. The van der Waals surface area contributed by atoms with Crippen LogP contribution in [0.3, 0.4) is 0 Å². The van der Waals surface area contributed by atoms with Crippen LogP contribution in [-0.2, 0) is 4.79 Å². The molecule has 0 aliphatic heterocycles. The van der Waals surface area contributed by atoms with Gasteiger partial charge in [-0.3, -0.25) is 14.8 Å². The summed E-state index contributed by atoms with van der Waals surface area (Å²) in [5, 5.41) is 12.0. The summed E-state index contributed by atoms with van der Waals surface area (Å²) in [6.45, 7) is 3.93.